The average molecular weight is 244 g/mol. The van der Waals surface area contributed by atoms with Crippen LogP contribution in [0.4, 0.5) is 10.2 Å². The summed E-state index contributed by atoms with van der Waals surface area (Å²) in [5, 5.41) is 4.97. The summed E-state index contributed by atoms with van der Waals surface area (Å²) in [5.74, 6) is -0.198. The maximum absolute atomic E-state index is 12.8. The summed E-state index contributed by atoms with van der Waals surface area (Å²) < 4.78 is 14.4. The first-order chi connectivity index (χ1) is 8.66. The molecule has 3 aromatic rings. The molecule has 0 aliphatic heterocycles. The second-order valence-electron chi connectivity index (χ2n) is 3.80. The number of fused-ring (bicyclic) bond motifs is 1. The molecular formula is C11H9FN6. The molecule has 0 aliphatic rings. The molecule has 90 valence electrons. The predicted molar refractivity (Wildman–Crippen MR) is 63.9 cm³/mol. The van der Waals surface area contributed by atoms with Crippen LogP contribution in [0.5, 0.6) is 0 Å². The lowest BCUT2D eigenvalue weighted by Crippen LogP contribution is -1.95. The van der Waals surface area contributed by atoms with E-state index < -0.39 is 5.95 Å². The largest absolute Gasteiger partial charge is 0.383 e. The van der Waals surface area contributed by atoms with Gasteiger partial charge in [0.25, 0.3) is 0 Å². The van der Waals surface area contributed by atoms with E-state index in [1.165, 1.54) is 18.6 Å². The third-order valence-corrected chi connectivity index (χ3v) is 2.65. The fraction of sp³-hybridized carbons (Fsp3) is 0.0909. The Morgan fingerprint density at radius 3 is 2.78 bits per heavy atom. The Bertz CT molecular complexity index is 718. The number of nitrogens with zero attached hydrogens (tertiary/aromatic N) is 5. The van der Waals surface area contributed by atoms with E-state index in [1.807, 2.05) is 0 Å². The summed E-state index contributed by atoms with van der Waals surface area (Å²) in [6, 6.07) is 2.87. The lowest BCUT2D eigenvalue weighted by Gasteiger charge is -1.98. The Morgan fingerprint density at radius 2 is 2.06 bits per heavy atom. The molecule has 2 N–H and O–H groups in total. The first kappa shape index (κ1) is 10.6. The highest BCUT2D eigenvalue weighted by atomic mass is 19.1. The highest BCUT2D eigenvalue weighted by molar-refractivity contribution is 5.97. The van der Waals surface area contributed by atoms with Crippen molar-refractivity contribution in [2.45, 2.75) is 0 Å². The number of aryl methyl sites for hydroxylation is 1. The normalized spacial score (nSPS) is 11.0. The number of anilines is 1. The number of nitrogen functional groups attached to an aromatic ring is 1. The van der Waals surface area contributed by atoms with E-state index in [-0.39, 0.29) is 0 Å². The minimum absolute atomic E-state index is 0.340. The van der Waals surface area contributed by atoms with Crippen molar-refractivity contribution in [1.82, 2.24) is 24.7 Å². The summed E-state index contributed by atoms with van der Waals surface area (Å²) in [7, 11) is 1.76. The van der Waals surface area contributed by atoms with Crippen LogP contribution >= 0.6 is 0 Å². The van der Waals surface area contributed by atoms with E-state index in [0.29, 0.717) is 28.1 Å². The van der Waals surface area contributed by atoms with Crippen molar-refractivity contribution in [2.75, 3.05) is 5.73 Å². The first-order valence-electron chi connectivity index (χ1n) is 5.22. The Morgan fingerprint density at radius 1 is 1.22 bits per heavy atom. The Hall–Kier alpha value is -2.57. The van der Waals surface area contributed by atoms with Crippen molar-refractivity contribution in [3.05, 3.63) is 30.6 Å². The number of halogens is 1. The topological polar surface area (TPSA) is 82.5 Å². The van der Waals surface area contributed by atoms with Crippen molar-refractivity contribution >= 4 is 16.9 Å². The van der Waals surface area contributed by atoms with E-state index in [4.69, 9.17) is 5.73 Å². The van der Waals surface area contributed by atoms with Gasteiger partial charge in [-0.2, -0.15) is 9.49 Å². The number of hydrogen-bond donors (Lipinski definition) is 1. The van der Waals surface area contributed by atoms with Crippen molar-refractivity contribution in [2.24, 2.45) is 7.05 Å². The van der Waals surface area contributed by atoms with Gasteiger partial charge in [-0.05, 0) is 12.1 Å². The molecule has 3 heterocycles. The van der Waals surface area contributed by atoms with Gasteiger partial charge in [0.15, 0.2) is 5.65 Å². The molecule has 0 bridgehead atoms. The summed E-state index contributed by atoms with van der Waals surface area (Å²) in [6.45, 7) is 0. The zero-order chi connectivity index (χ0) is 12.7. The maximum atomic E-state index is 12.8. The third kappa shape index (κ3) is 1.48. The summed E-state index contributed by atoms with van der Waals surface area (Å²) in [6.07, 6.45) is 2.79. The fourth-order valence-electron chi connectivity index (χ4n) is 1.83. The van der Waals surface area contributed by atoms with Gasteiger partial charge >= 0.3 is 0 Å². The average Bonchev–Trinajstić information content (AvgIpc) is 2.70. The molecule has 0 saturated heterocycles. The van der Waals surface area contributed by atoms with Gasteiger partial charge in [0.2, 0.25) is 5.95 Å². The molecule has 0 unspecified atom stereocenters. The van der Waals surface area contributed by atoms with Crippen LogP contribution in [0.2, 0.25) is 0 Å². The van der Waals surface area contributed by atoms with Crippen LogP contribution in [0, 0.1) is 5.95 Å². The van der Waals surface area contributed by atoms with E-state index in [9.17, 15) is 4.39 Å². The maximum Gasteiger partial charge on any atom is 0.212 e. The number of hydrogen-bond acceptors (Lipinski definition) is 5. The van der Waals surface area contributed by atoms with E-state index >= 15 is 0 Å². The summed E-state index contributed by atoms with van der Waals surface area (Å²) >= 11 is 0. The summed E-state index contributed by atoms with van der Waals surface area (Å²) in [5.41, 5.74) is 7.73. The van der Waals surface area contributed by atoms with Crippen LogP contribution in [0.25, 0.3) is 22.3 Å². The number of rotatable bonds is 1. The van der Waals surface area contributed by atoms with Gasteiger partial charge in [0.05, 0.1) is 5.39 Å². The Labute approximate surface area is 101 Å². The van der Waals surface area contributed by atoms with Crippen LogP contribution in [0.3, 0.4) is 0 Å². The minimum atomic E-state index is -0.539. The van der Waals surface area contributed by atoms with Crippen molar-refractivity contribution < 1.29 is 4.39 Å². The molecule has 3 rings (SSSR count). The van der Waals surface area contributed by atoms with Gasteiger partial charge in [-0.1, -0.05) is 0 Å². The van der Waals surface area contributed by atoms with Crippen LogP contribution in [0.1, 0.15) is 0 Å². The molecule has 0 fully saturated rings. The van der Waals surface area contributed by atoms with E-state index in [0.717, 1.165) is 0 Å². The molecule has 0 amide bonds. The molecule has 0 saturated carbocycles. The molecular weight excluding hydrogens is 235 g/mol. The van der Waals surface area contributed by atoms with Crippen LogP contribution in [-0.4, -0.2) is 24.7 Å². The van der Waals surface area contributed by atoms with Crippen LogP contribution < -0.4 is 5.73 Å². The zero-order valence-corrected chi connectivity index (χ0v) is 9.50. The predicted octanol–water partition coefficient (Wildman–Crippen LogP) is 1.15. The molecule has 0 spiro atoms. The quantitative estimate of drug-likeness (QED) is 0.649. The SMILES string of the molecule is Cn1nc(-c2ccc(F)nc2)c2c(N)ncnc21. The minimum Gasteiger partial charge on any atom is -0.383 e. The van der Waals surface area contributed by atoms with Gasteiger partial charge < -0.3 is 5.73 Å². The molecule has 0 aliphatic carbocycles. The fourth-order valence-corrected chi connectivity index (χ4v) is 1.83. The van der Waals surface area contributed by atoms with Gasteiger partial charge in [-0.25, -0.2) is 19.6 Å². The van der Waals surface area contributed by atoms with Crippen molar-refractivity contribution in [3.8, 4) is 11.3 Å². The smallest absolute Gasteiger partial charge is 0.212 e. The monoisotopic (exact) mass is 244 g/mol. The van der Waals surface area contributed by atoms with Crippen molar-refractivity contribution in [1.29, 1.82) is 0 Å². The first-order valence-corrected chi connectivity index (χ1v) is 5.22. The Balaban J connectivity index is 2.32. The molecule has 0 radical (unpaired) electrons. The molecule has 3 aromatic heterocycles. The van der Waals surface area contributed by atoms with Gasteiger partial charge in [-0.3, -0.25) is 0 Å². The zero-order valence-electron chi connectivity index (χ0n) is 9.50. The molecule has 0 atom stereocenters. The lowest BCUT2D eigenvalue weighted by atomic mass is 10.1. The summed E-state index contributed by atoms with van der Waals surface area (Å²) in [4.78, 5) is 11.7. The molecule has 6 nitrogen and oxygen atoms in total. The Kier molecular flexibility index (Phi) is 2.19. The molecule has 0 aromatic carbocycles. The standard InChI is InChI=1S/C11H9FN6/c1-18-11-8(10(13)15-5-16-11)9(17-18)6-2-3-7(12)14-4-6/h2-5H,1H3,(H2,13,15,16). The molecule has 18 heavy (non-hydrogen) atoms. The number of nitrogens with two attached hydrogens (primary N) is 1. The second-order valence-corrected chi connectivity index (χ2v) is 3.80. The van der Waals surface area contributed by atoms with Crippen LogP contribution in [-0.2, 0) is 7.05 Å². The number of aromatic nitrogens is 5. The number of pyridine rings is 1. The van der Waals surface area contributed by atoms with E-state index in [2.05, 4.69) is 20.1 Å². The van der Waals surface area contributed by atoms with E-state index in [1.54, 1.807) is 17.8 Å². The van der Waals surface area contributed by atoms with Gasteiger partial charge in [0, 0.05) is 18.8 Å². The third-order valence-electron chi connectivity index (χ3n) is 2.65. The highest BCUT2D eigenvalue weighted by Gasteiger charge is 2.15. The molecule has 7 heteroatoms. The highest BCUT2D eigenvalue weighted by Crippen LogP contribution is 2.28. The van der Waals surface area contributed by atoms with Crippen LogP contribution in [0.15, 0.2) is 24.7 Å². The van der Waals surface area contributed by atoms with Gasteiger partial charge in [0.1, 0.15) is 17.8 Å². The lowest BCUT2D eigenvalue weighted by molar-refractivity contribution is 0.584. The second kappa shape index (κ2) is 3.73. The van der Waals surface area contributed by atoms with Crippen molar-refractivity contribution in [3.63, 3.8) is 0 Å². The van der Waals surface area contributed by atoms with Gasteiger partial charge in [-0.15, -0.1) is 0 Å².